The molecule has 1 amide bonds. The van der Waals surface area contributed by atoms with Gasteiger partial charge in [0.05, 0.1) is 41.2 Å². The Hall–Kier alpha value is -4.85. The molecule has 3 aromatic carbocycles. The van der Waals surface area contributed by atoms with Crippen molar-refractivity contribution >= 4 is 29.8 Å². The van der Waals surface area contributed by atoms with Gasteiger partial charge in [-0.15, -0.1) is 0 Å². The van der Waals surface area contributed by atoms with Crippen LogP contribution in [-0.2, 0) is 4.79 Å². The molecule has 0 spiro atoms. The molecule has 0 radical (unpaired) electrons. The third-order valence-electron chi connectivity index (χ3n) is 5.62. The molecule has 0 saturated carbocycles. The lowest BCUT2D eigenvalue weighted by molar-refractivity contribution is -0.111. The van der Waals surface area contributed by atoms with E-state index in [0.717, 1.165) is 11.1 Å². The lowest BCUT2D eigenvalue weighted by Crippen LogP contribution is -2.11. The Labute approximate surface area is 229 Å². The van der Waals surface area contributed by atoms with Crippen LogP contribution in [0.15, 0.2) is 67.3 Å². The summed E-state index contributed by atoms with van der Waals surface area (Å²) in [7, 11) is 7.73. The van der Waals surface area contributed by atoms with Gasteiger partial charge < -0.3 is 33.7 Å². The van der Waals surface area contributed by atoms with Crippen molar-refractivity contribution in [3.8, 4) is 34.5 Å². The number of benzene rings is 3. The summed E-state index contributed by atoms with van der Waals surface area (Å²) in [6.45, 7) is 4.05. The first-order valence-corrected chi connectivity index (χ1v) is 12.0. The Morgan fingerprint density at radius 3 is 2.08 bits per heavy atom. The molecule has 8 heteroatoms. The highest BCUT2D eigenvalue weighted by Gasteiger charge is 2.16. The van der Waals surface area contributed by atoms with Gasteiger partial charge in [-0.3, -0.25) is 4.79 Å². The van der Waals surface area contributed by atoms with Crippen LogP contribution in [0.1, 0.15) is 16.7 Å². The van der Waals surface area contributed by atoms with E-state index in [1.165, 1.54) is 20.3 Å². The van der Waals surface area contributed by atoms with E-state index in [0.29, 0.717) is 52.4 Å². The van der Waals surface area contributed by atoms with Crippen molar-refractivity contribution in [3.05, 3.63) is 84.0 Å². The molecule has 0 aliphatic heterocycles. The highest BCUT2D eigenvalue weighted by atomic mass is 16.5. The van der Waals surface area contributed by atoms with E-state index in [1.807, 2.05) is 54.6 Å². The van der Waals surface area contributed by atoms with Crippen LogP contribution in [0.25, 0.3) is 18.2 Å². The Bertz CT molecular complexity index is 1340. The smallest absolute Gasteiger partial charge is 0.248 e. The largest absolute Gasteiger partial charge is 0.493 e. The van der Waals surface area contributed by atoms with E-state index in [9.17, 15) is 4.79 Å². The van der Waals surface area contributed by atoms with Crippen molar-refractivity contribution in [1.82, 2.24) is 0 Å². The van der Waals surface area contributed by atoms with Gasteiger partial charge in [0.25, 0.3) is 0 Å². The minimum atomic E-state index is -0.346. The topological polar surface area (TPSA) is 84.5 Å². The lowest BCUT2D eigenvalue weighted by atomic mass is 10.1. The zero-order valence-corrected chi connectivity index (χ0v) is 22.8. The van der Waals surface area contributed by atoms with Crippen molar-refractivity contribution < 1.29 is 33.2 Å². The van der Waals surface area contributed by atoms with Crippen molar-refractivity contribution in [2.45, 2.75) is 0 Å². The van der Waals surface area contributed by atoms with Gasteiger partial charge in [0.2, 0.25) is 11.7 Å². The van der Waals surface area contributed by atoms with Crippen LogP contribution in [0, 0.1) is 0 Å². The van der Waals surface area contributed by atoms with Crippen LogP contribution in [-0.4, -0.2) is 48.1 Å². The Morgan fingerprint density at radius 2 is 1.46 bits per heavy atom. The summed E-state index contributed by atoms with van der Waals surface area (Å²) in [5.74, 6) is 2.77. The molecule has 0 bridgehead atoms. The first-order chi connectivity index (χ1) is 19.0. The second-order valence-electron chi connectivity index (χ2n) is 8.05. The third-order valence-corrected chi connectivity index (χ3v) is 5.62. The number of hydrogen-bond donors (Lipinski definition) is 1. The summed E-state index contributed by atoms with van der Waals surface area (Å²) in [6, 6.07) is 14.7. The number of hydrogen-bond acceptors (Lipinski definition) is 7. The number of amides is 1. The molecule has 8 nitrogen and oxygen atoms in total. The van der Waals surface area contributed by atoms with Crippen LogP contribution in [0.3, 0.4) is 0 Å². The first kappa shape index (κ1) is 28.7. The second-order valence-corrected chi connectivity index (χ2v) is 8.05. The number of nitrogens with one attached hydrogen (secondary N) is 1. The normalized spacial score (nSPS) is 10.8. The Balaban J connectivity index is 1.92. The van der Waals surface area contributed by atoms with Crippen molar-refractivity contribution in [3.63, 3.8) is 0 Å². The number of methoxy groups -OCH3 is 5. The number of ether oxygens (including phenoxy) is 6. The minimum Gasteiger partial charge on any atom is -0.493 e. The van der Waals surface area contributed by atoms with Crippen molar-refractivity contribution in [1.29, 1.82) is 0 Å². The molecule has 0 unspecified atom stereocenters. The van der Waals surface area contributed by atoms with Crippen LogP contribution < -0.4 is 33.7 Å². The van der Waals surface area contributed by atoms with Gasteiger partial charge in [0.1, 0.15) is 12.4 Å². The molecule has 0 fully saturated rings. The summed E-state index contributed by atoms with van der Waals surface area (Å²) in [5, 5.41) is 2.93. The number of anilines is 1. The fraction of sp³-hybridized carbons (Fsp3) is 0.194. The van der Waals surface area contributed by atoms with Gasteiger partial charge >= 0.3 is 0 Å². The molecule has 3 aromatic rings. The standard InChI is InChI=1S/C31H33NO7/c1-7-17-39-24-10-8-9-21(18-24)12-16-28(33)32-29-23(14-15-25(34-2)31(29)38-6)13-11-22-19-26(35-3)30(37-5)27(20-22)36-4/h7-16,18-20H,1,17H2,2-6H3,(H,32,33)/b13-11+,16-12+. The summed E-state index contributed by atoms with van der Waals surface area (Å²) >= 11 is 0. The van der Waals surface area contributed by atoms with Gasteiger partial charge in [-0.2, -0.15) is 0 Å². The maximum atomic E-state index is 13.0. The van der Waals surface area contributed by atoms with Gasteiger partial charge in [-0.25, -0.2) is 0 Å². The minimum absolute atomic E-state index is 0.346. The number of rotatable bonds is 13. The van der Waals surface area contributed by atoms with Crippen LogP contribution in [0.2, 0.25) is 0 Å². The fourth-order valence-corrected chi connectivity index (χ4v) is 3.79. The quantitative estimate of drug-likeness (QED) is 0.162. The van der Waals surface area contributed by atoms with Gasteiger partial charge in [-0.1, -0.05) is 36.9 Å². The van der Waals surface area contributed by atoms with Gasteiger partial charge in [0, 0.05) is 11.6 Å². The number of carbonyl (C=O) groups is 1. The number of carbonyl (C=O) groups excluding carboxylic acids is 1. The third kappa shape index (κ3) is 7.35. The monoisotopic (exact) mass is 531 g/mol. The van der Waals surface area contributed by atoms with E-state index in [4.69, 9.17) is 28.4 Å². The first-order valence-electron chi connectivity index (χ1n) is 12.0. The fourth-order valence-electron chi connectivity index (χ4n) is 3.79. The highest BCUT2D eigenvalue weighted by Crippen LogP contribution is 2.41. The summed E-state index contributed by atoms with van der Waals surface area (Å²) in [4.78, 5) is 13.0. The van der Waals surface area contributed by atoms with Crippen LogP contribution >= 0.6 is 0 Å². The van der Waals surface area contributed by atoms with E-state index in [1.54, 1.807) is 39.5 Å². The Morgan fingerprint density at radius 1 is 0.769 bits per heavy atom. The summed E-state index contributed by atoms with van der Waals surface area (Å²) in [6.07, 6.45) is 8.53. The summed E-state index contributed by atoms with van der Waals surface area (Å²) < 4.78 is 32.9. The molecule has 39 heavy (non-hydrogen) atoms. The molecular formula is C31H33NO7. The van der Waals surface area contributed by atoms with Crippen molar-refractivity contribution in [2.75, 3.05) is 47.5 Å². The van der Waals surface area contributed by atoms with E-state index in [-0.39, 0.29) is 5.91 Å². The predicted octanol–water partition coefficient (Wildman–Crippen LogP) is 6.12. The van der Waals surface area contributed by atoms with Crippen molar-refractivity contribution in [2.24, 2.45) is 0 Å². The molecular weight excluding hydrogens is 498 g/mol. The molecule has 0 heterocycles. The predicted molar refractivity (Wildman–Crippen MR) is 154 cm³/mol. The van der Waals surface area contributed by atoms with E-state index in [2.05, 4.69) is 11.9 Å². The average molecular weight is 532 g/mol. The molecule has 1 N–H and O–H groups in total. The molecule has 204 valence electrons. The molecule has 0 saturated heterocycles. The zero-order chi connectivity index (χ0) is 28.2. The maximum absolute atomic E-state index is 13.0. The van der Waals surface area contributed by atoms with Gasteiger partial charge in [-0.05, 0) is 53.6 Å². The lowest BCUT2D eigenvalue weighted by Gasteiger charge is -2.16. The molecule has 3 rings (SSSR count). The molecule has 0 aliphatic carbocycles. The Kier molecular flexibility index (Phi) is 10.4. The molecule has 0 aromatic heterocycles. The summed E-state index contributed by atoms with van der Waals surface area (Å²) in [5.41, 5.74) is 2.77. The van der Waals surface area contributed by atoms with Gasteiger partial charge in [0.15, 0.2) is 23.0 Å². The molecule has 0 atom stereocenters. The SMILES string of the molecule is C=CCOc1cccc(/C=C/C(=O)Nc2c(/C=C/c3cc(OC)c(OC)c(OC)c3)ccc(OC)c2OC)c1. The zero-order valence-electron chi connectivity index (χ0n) is 22.8. The van der Waals surface area contributed by atoms with E-state index < -0.39 is 0 Å². The van der Waals surface area contributed by atoms with Crippen LogP contribution in [0.5, 0.6) is 34.5 Å². The maximum Gasteiger partial charge on any atom is 0.248 e. The molecule has 0 aliphatic rings. The second kappa shape index (κ2) is 14.2. The van der Waals surface area contributed by atoms with E-state index >= 15 is 0 Å². The van der Waals surface area contributed by atoms with Crippen LogP contribution in [0.4, 0.5) is 5.69 Å². The highest BCUT2D eigenvalue weighted by molar-refractivity contribution is 6.04. The average Bonchev–Trinajstić information content (AvgIpc) is 2.97.